The van der Waals surface area contributed by atoms with Gasteiger partial charge in [-0.2, -0.15) is 4.98 Å². The number of hydrogen-bond donors (Lipinski definition) is 1. The van der Waals surface area contributed by atoms with Gasteiger partial charge in [0.15, 0.2) is 0 Å². The van der Waals surface area contributed by atoms with Crippen LogP contribution in [0.5, 0.6) is 0 Å². The lowest BCUT2D eigenvalue weighted by Crippen LogP contribution is -2.36. The minimum atomic E-state index is -0.0685. The average molecular weight is 424 g/mol. The number of benzene rings is 2. The second-order valence-electron chi connectivity index (χ2n) is 8.03. The van der Waals surface area contributed by atoms with Gasteiger partial charge >= 0.3 is 0 Å². The minimum absolute atomic E-state index is 0.0685. The van der Waals surface area contributed by atoms with Crippen molar-refractivity contribution < 1.29 is 4.79 Å². The normalized spacial score (nSPS) is 13.1. The second kappa shape index (κ2) is 8.30. The molecule has 0 fully saturated rings. The van der Waals surface area contributed by atoms with Crippen molar-refractivity contribution in [2.45, 2.75) is 26.4 Å². The summed E-state index contributed by atoms with van der Waals surface area (Å²) in [4.78, 5) is 23.9. The van der Waals surface area contributed by atoms with E-state index >= 15 is 0 Å². The quantitative estimate of drug-likeness (QED) is 0.483. The molecule has 0 saturated carbocycles. The topological polar surface area (TPSA) is 63.1 Å². The first kappa shape index (κ1) is 20.0. The van der Waals surface area contributed by atoms with Crippen LogP contribution < -0.4 is 5.32 Å². The Hall–Kier alpha value is -3.93. The predicted octanol–water partition coefficient (Wildman–Crippen LogP) is 4.41. The number of carbonyl (C=O) groups is 1. The molecule has 5 rings (SSSR count). The molecule has 1 aliphatic rings. The fourth-order valence-electron chi connectivity index (χ4n) is 4.30. The van der Waals surface area contributed by atoms with Gasteiger partial charge in [-0.3, -0.25) is 9.36 Å². The van der Waals surface area contributed by atoms with Crippen molar-refractivity contribution >= 4 is 22.6 Å². The van der Waals surface area contributed by atoms with E-state index in [1.807, 2.05) is 30.3 Å². The fourth-order valence-corrected chi connectivity index (χ4v) is 4.30. The minimum Gasteiger partial charge on any atom is -0.366 e. The molecule has 3 heterocycles. The molecule has 0 aliphatic carbocycles. The highest BCUT2D eigenvalue weighted by molar-refractivity contribution is 5.87. The van der Waals surface area contributed by atoms with Crippen LogP contribution in [0.15, 0.2) is 73.3 Å². The summed E-state index contributed by atoms with van der Waals surface area (Å²) in [5.41, 5.74) is 5.28. The van der Waals surface area contributed by atoms with Crippen molar-refractivity contribution in [3.63, 3.8) is 0 Å². The summed E-state index contributed by atoms with van der Waals surface area (Å²) < 4.78 is 2.10. The van der Waals surface area contributed by atoms with Gasteiger partial charge in [0.1, 0.15) is 5.82 Å². The Balaban J connectivity index is 1.60. The first-order chi connectivity index (χ1) is 15.6. The van der Waals surface area contributed by atoms with Gasteiger partial charge in [-0.05, 0) is 30.7 Å². The maximum atomic E-state index is 12.3. The number of hydrogen-bond acceptors (Lipinski definition) is 4. The molecule has 1 amide bonds. The summed E-state index contributed by atoms with van der Waals surface area (Å²) >= 11 is 0. The zero-order valence-electron chi connectivity index (χ0n) is 18.1. The van der Waals surface area contributed by atoms with Crippen molar-refractivity contribution in [2.75, 3.05) is 11.9 Å². The van der Waals surface area contributed by atoms with Crippen LogP contribution in [0.4, 0.5) is 5.82 Å². The highest BCUT2D eigenvalue weighted by atomic mass is 16.2. The Kier molecular flexibility index (Phi) is 5.19. The molecule has 160 valence electrons. The number of rotatable bonds is 5. The molecule has 6 heteroatoms. The molecule has 0 atom stereocenters. The lowest BCUT2D eigenvalue weighted by atomic mass is 10.1. The summed E-state index contributed by atoms with van der Waals surface area (Å²) in [6, 6.07) is 20.6. The first-order valence-electron chi connectivity index (χ1n) is 10.8. The molecular formula is C26H25N5O. The number of fused-ring (bicyclic) bond motifs is 2. The van der Waals surface area contributed by atoms with Gasteiger partial charge in [0.05, 0.1) is 17.8 Å². The molecule has 2 aromatic heterocycles. The summed E-state index contributed by atoms with van der Waals surface area (Å²) in [5.74, 6) is 1.36. The van der Waals surface area contributed by atoms with Crippen molar-refractivity contribution in [2.24, 2.45) is 0 Å². The first-order valence-corrected chi connectivity index (χ1v) is 10.8. The summed E-state index contributed by atoms with van der Waals surface area (Å²) in [6.45, 7) is 7.45. The van der Waals surface area contributed by atoms with E-state index in [1.54, 1.807) is 4.90 Å². The van der Waals surface area contributed by atoms with Crippen molar-refractivity contribution in [3.05, 3.63) is 95.8 Å². The van der Waals surface area contributed by atoms with Gasteiger partial charge in [0.25, 0.3) is 0 Å². The van der Waals surface area contributed by atoms with E-state index in [0.717, 1.165) is 33.7 Å². The average Bonchev–Trinajstić information content (AvgIpc) is 3.17. The molecule has 1 N–H and O–H groups in total. The van der Waals surface area contributed by atoms with Gasteiger partial charge < -0.3 is 10.2 Å². The number of aromatic nitrogens is 3. The van der Waals surface area contributed by atoms with Gasteiger partial charge in [-0.1, -0.05) is 55.1 Å². The number of anilines is 1. The lowest BCUT2D eigenvalue weighted by molar-refractivity contribution is -0.126. The number of amides is 1. The van der Waals surface area contributed by atoms with Crippen molar-refractivity contribution in [1.29, 1.82) is 0 Å². The summed E-state index contributed by atoms with van der Waals surface area (Å²) in [6.07, 6.45) is 2.05. The predicted molar refractivity (Wildman–Crippen MR) is 127 cm³/mol. The van der Waals surface area contributed by atoms with Crippen LogP contribution in [0.1, 0.15) is 22.5 Å². The molecule has 2 aromatic carbocycles. The third-order valence-corrected chi connectivity index (χ3v) is 5.93. The molecule has 0 bridgehead atoms. The van der Waals surface area contributed by atoms with Crippen LogP contribution in [0.25, 0.3) is 16.9 Å². The Labute approximate surface area is 187 Å². The highest BCUT2D eigenvalue weighted by Crippen LogP contribution is 2.28. The van der Waals surface area contributed by atoms with Crippen molar-refractivity contribution in [1.82, 2.24) is 19.4 Å². The van der Waals surface area contributed by atoms with E-state index in [4.69, 9.17) is 9.97 Å². The van der Waals surface area contributed by atoms with Crippen LogP contribution in [0, 0.1) is 6.92 Å². The van der Waals surface area contributed by atoms with Gasteiger partial charge in [0, 0.05) is 36.2 Å². The van der Waals surface area contributed by atoms with E-state index in [2.05, 4.69) is 53.7 Å². The van der Waals surface area contributed by atoms with Crippen LogP contribution in [0.3, 0.4) is 0 Å². The highest BCUT2D eigenvalue weighted by Gasteiger charge is 2.25. The van der Waals surface area contributed by atoms with Crippen molar-refractivity contribution in [3.8, 4) is 5.95 Å². The number of aryl methyl sites for hydroxylation is 1. The maximum Gasteiger partial charge on any atom is 0.246 e. The number of para-hydroxylation sites is 1. The van der Waals surface area contributed by atoms with E-state index in [9.17, 15) is 4.79 Å². The monoisotopic (exact) mass is 423 g/mol. The molecule has 1 aliphatic heterocycles. The Bertz CT molecular complexity index is 1310. The third kappa shape index (κ3) is 3.64. The largest absolute Gasteiger partial charge is 0.366 e. The molecule has 0 radical (unpaired) electrons. The SMILES string of the molecule is C=CC(=O)N1CCc2nc(-n3c(C)cc4ccccc43)nc(NCc3ccccc3)c2C1. The molecule has 0 spiro atoms. The van der Waals surface area contributed by atoms with Gasteiger partial charge in [-0.25, -0.2) is 4.98 Å². The Morgan fingerprint density at radius 2 is 1.91 bits per heavy atom. The number of carbonyl (C=O) groups excluding carboxylic acids is 1. The molecule has 4 aromatic rings. The second-order valence-corrected chi connectivity index (χ2v) is 8.03. The third-order valence-electron chi connectivity index (χ3n) is 5.93. The zero-order valence-corrected chi connectivity index (χ0v) is 18.1. The standard InChI is InChI=1S/C26H25N5O/c1-3-24(32)30-14-13-22-21(17-30)25(27-16-19-9-5-4-6-10-19)29-26(28-22)31-18(2)15-20-11-7-8-12-23(20)31/h3-12,15H,1,13-14,16-17H2,2H3,(H,27,28,29). The number of nitrogens with one attached hydrogen (secondary N) is 1. The van der Waals surface area contributed by atoms with Crippen LogP contribution in [0.2, 0.25) is 0 Å². The Morgan fingerprint density at radius 3 is 2.72 bits per heavy atom. The van der Waals surface area contributed by atoms with E-state index in [-0.39, 0.29) is 5.91 Å². The molecule has 0 saturated heterocycles. The number of nitrogens with zero attached hydrogens (tertiary/aromatic N) is 4. The molecule has 32 heavy (non-hydrogen) atoms. The molecule has 0 unspecified atom stereocenters. The smallest absolute Gasteiger partial charge is 0.246 e. The van der Waals surface area contributed by atoms with E-state index < -0.39 is 0 Å². The lowest BCUT2D eigenvalue weighted by Gasteiger charge is -2.29. The molecule has 6 nitrogen and oxygen atoms in total. The maximum absolute atomic E-state index is 12.3. The van der Waals surface area contributed by atoms with Crippen LogP contribution in [-0.4, -0.2) is 31.9 Å². The van der Waals surface area contributed by atoms with Gasteiger partial charge in [0.2, 0.25) is 11.9 Å². The summed E-state index contributed by atoms with van der Waals surface area (Å²) in [5, 5.41) is 4.67. The summed E-state index contributed by atoms with van der Waals surface area (Å²) in [7, 11) is 0. The zero-order chi connectivity index (χ0) is 22.1. The van der Waals surface area contributed by atoms with E-state index in [1.165, 1.54) is 11.6 Å². The van der Waals surface area contributed by atoms with Crippen LogP contribution in [-0.2, 0) is 24.3 Å². The molecular weight excluding hydrogens is 398 g/mol. The fraction of sp³-hybridized carbons (Fsp3) is 0.192. The van der Waals surface area contributed by atoms with Crippen LogP contribution >= 0.6 is 0 Å². The Morgan fingerprint density at radius 1 is 1.12 bits per heavy atom. The van der Waals surface area contributed by atoms with Gasteiger partial charge in [-0.15, -0.1) is 0 Å². The van der Waals surface area contributed by atoms with E-state index in [0.29, 0.717) is 32.0 Å².